The number of hydrogen-bond acceptors (Lipinski definition) is 3. The SMILES string of the molecule is NC(=O)COc1ccc(CNCc2ccccc2Br)cc1. The van der Waals surface area contributed by atoms with Crippen LogP contribution >= 0.6 is 15.9 Å². The molecular formula is C16H17BrN2O2. The van der Waals surface area contributed by atoms with Crippen LogP contribution in [0.4, 0.5) is 0 Å². The summed E-state index contributed by atoms with van der Waals surface area (Å²) in [6, 6.07) is 15.7. The van der Waals surface area contributed by atoms with Gasteiger partial charge in [0.05, 0.1) is 0 Å². The minimum atomic E-state index is -0.478. The van der Waals surface area contributed by atoms with Gasteiger partial charge >= 0.3 is 0 Å². The largest absolute Gasteiger partial charge is 0.484 e. The molecule has 2 rings (SSSR count). The average molecular weight is 349 g/mol. The van der Waals surface area contributed by atoms with Crippen molar-refractivity contribution in [3.05, 3.63) is 64.1 Å². The maximum atomic E-state index is 10.6. The molecule has 0 aliphatic carbocycles. The van der Waals surface area contributed by atoms with E-state index >= 15 is 0 Å². The van der Waals surface area contributed by atoms with E-state index in [1.807, 2.05) is 42.5 Å². The third-order valence-electron chi connectivity index (χ3n) is 2.91. The molecule has 0 spiro atoms. The molecule has 110 valence electrons. The quantitative estimate of drug-likeness (QED) is 0.808. The van der Waals surface area contributed by atoms with Crippen molar-refractivity contribution in [2.24, 2.45) is 5.73 Å². The van der Waals surface area contributed by atoms with Crippen LogP contribution in [-0.2, 0) is 17.9 Å². The Morgan fingerprint density at radius 2 is 1.81 bits per heavy atom. The molecule has 0 fully saturated rings. The van der Waals surface area contributed by atoms with E-state index in [4.69, 9.17) is 10.5 Å². The summed E-state index contributed by atoms with van der Waals surface area (Å²) in [4.78, 5) is 10.6. The van der Waals surface area contributed by atoms with Gasteiger partial charge in [-0.25, -0.2) is 0 Å². The smallest absolute Gasteiger partial charge is 0.255 e. The molecule has 0 aliphatic heterocycles. The molecular weight excluding hydrogens is 332 g/mol. The molecule has 4 nitrogen and oxygen atoms in total. The summed E-state index contributed by atoms with van der Waals surface area (Å²) in [5, 5.41) is 3.38. The van der Waals surface area contributed by atoms with Crippen molar-refractivity contribution in [2.75, 3.05) is 6.61 Å². The molecule has 1 amide bonds. The van der Waals surface area contributed by atoms with Gasteiger partial charge in [-0.1, -0.05) is 46.3 Å². The summed E-state index contributed by atoms with van der Waals surface area (Å²) in [7, 11) is 0. The Hall–Kier alpha value is -1.85. The number of primary amides is 1. The Bertz CT molecular complexity index is 599. The fourth-order valence-electron chi connectivity index (χ4n) is 1.84. The second kappa shape index (κ2) is 7.81. The first-order valence-corrected chi connectivity index (χ1v) is 7.38. The molecule has 0 aromatic heterocycles. The standard InChI is InChI=1S/C16H17BrN2O2/c17-15-4-2-1-3-13(15)10-19-9-12-5-7-14(8-6-12)21-11-16(18)20/h1-8,19H,9-11H2,(H2,18,20). The van der Waals surface area contributed by atoms with E-state index in [0.717, 1.165) is 23.1 Å². The summed E-state index contributed by atoms with van der Waals surface area (Å²) in [6.45, 7) is 1.46. The van der Waals surface area contributed by atoms with Crippen LogP contribution in [0, 0.1) is 0 Å². The van der Waals surface area contributed by atoms with Gasteiger partial charge in [0.2, 0.25) is 0 Å². The second-order valence-corrected chi connectivity index (χ2v) is 5.45. The predicted octanol–water partition coefficient (Wildman–Crippen LogP) is 2.60. The van der Waals surface area contributed by atoms with Crippen LogP contribution in [0.3, 0.4) is 0 Å². The Balaban J connectivity index is 1.81. The van der Waals surface area contributed by atoms with E-state index in [2.05, 4.69) is 27.3 Å². The van der Waals surface area contributed by atoms with E-state index < -0.39 is 5.91 Å². The van der Waals surface area contributed by atoms with Crippen LogP contribution in [0.1, 0.15) is 11.1 Å². The Morgan fingerprint density at radius 1 is 1.10 bits per heavy atom. The highest BCUT2D eigenvalue weighted by molar-refractivity contribution is 9.10. The van der Waals surface area contributed by atoms with Gasteiger partial charge in [0.15, 0.2) is 6.61 Å². The summed E-state index contributed by atoms with van der Waals surface area (Å²) in [5.41, 5.74) is 7.39. The van der Waals surface area contributed by atoms with Crippen molar-refractivity contribution in [3.63, 3.8) is 0 Å². The fraction of sp³-hybridized carbons (Fsp3) is 0.188. The molecule has 0 bridgehead atoms. The van der Waals surface area contributed by atoms with Gasteiger partial charge in [0.25, 0.3) is 5.91 Å². The molecule has 0 heterocycles. The second-order valence-electron chi connectivity index (χ2n) is 4.59. The lowest BCUT2D eigenvalue weighted by molar-refractivity contribution is -0.119. The summed E-state index contributed by atoms with van der Waals surface area (Å²) >= 11 is 3.53. The molecule has 0 saturated heterocycles. The molecule has 5 heteroatoms. The van der Waals surface area contributed by atoms with Gasteiger partial charge in [-0.3, -0.25) is 4.79 Å². The zero-order valence-corrected chi connectivity index (χ0v) is 13.1. The lowest BCUT2D eigenvalue weighted by atomic mass is 10.2. The predicted molar refractivity (Wildman–Crippen MR) is 85.8 cm³/mol. The van der Waals surface area contributed by atoms with Crippen molar-refractivity contribution in [1.29, 1.82) is 0 Å². The zero-order valence-electron chi connectivity index (χ0n) is 11.5. The van der Waals surface area contributed by atoms with E-state index in [9.17, 15) is 4.79 Å². The minimum Gasteiger partial charge on any atom is -0.484 e. The van der Waals surface area contributed by atoms with E-state index in [-0.39, 0.29) is 6.61 Å². The van der Waals surface area contributed by atoms with Crippen LogP contribution in [0.15, 0.2) is 53.0 Å². The lowest BCUT2D eigenvalue weighted by Gasteiger charge is -2.08. The highest BCUT2D eigenvalue weighted by Crippen LogP contribution is 2.16. The maximum absolute atomic E-state index is 10.6. The molecule has 0 radical (unpaired) electrons. The van der Waals surface area contributed by atoms with Crippen LogP contribution in [-0.4, -0.2) is 12.5 Å². The van der Waals surface area contributed by atoms with Crippen molar-refractivity contribution in [3.8, 4) is 5.75 Å². The summed E-state index contributed by atoms with van der Waals surface area (Å²) in [6.07, 6.45) is 0. The van der Waals surface area contributed by atoms with Gasteiger partial charge in [-0.05, 0) is 29.3 Å². The van der Waals surface area contributed by atoms with Gasteiger partial charge in [-0.15, -0.1) is 0 Å². The number of ether oxygens (including phenoxy) is 1. The fourth-order valence-corrected chi connectivity index (χ4v) is 2.27. The van der Waals surface area contributed by atoms with Crippen LogP contribution in [0.25, 0.3) is 0 Å². The molecule has 0 unspecified atom stereocenters. The number of carbonyl (C=O) groups excluding carboxylic acids is 1. The topological polar surface area (TPSA) is 64.4 Å². The average Bonchev–Trinajstić information content (AvgIpc) is 2.48. The molecule has 2 aromatic rings. The van der Waals surface area contributed by atoms with E-state index in [1.54, 1.807) is 0 Å². The number of benzene rings is 2. The van der Waals surface area contributed by atoms with Crippen LogP contribution in [0.5, 0.6) is 5.75 Å². The Morgan fingerprint density at radius 3 is 2.48 bits per heavy atom. The zero-order chi connectivity index (χ0) is 15.1. The van der Waals surface area contributed by atoms with Gasteiger partial charge in [0, 0.05) is 17.6 Å². The Kier molecular flexibility index (Phi) is 5.78. The van der Waals surface area contributed by atoms with Crippen LogP contribution < -0.4 is 15.8 Å². The number of carbonyl (C=O) groups is 1. The first kappa shape index (κ1) is 15.5. The van der Waals surface area contributed by atoms with Gasteiger partial charge < -0.3 is 15.8 Å². The number of hydrogen-bond donors (Lipinski definition) is 2. The third-order valence-corrected chi connectivity index (χ3v) is 3.68. The van der Waals surface area contributed by atoms with E-state index in [1.165, 1.54) is 5.56 Å². The van der Waals surface area contributed by atoms with Gasteiger partial charge in [0.1, 0.15) is 5.75 Å². The van der Waals surface area contributed by atoms with Crippen molar-refractivity contribution in [2.45, 2.75) is 13.1 Å². The van der Waals surface area contributed by atoms with Crippen molar-refractivity contribution >= 4 is 21.8 Å². The summed E-state index contributed by atoms with van der Waals surface area (Å²) in [5.74, 6) is 0.164. The molecule has 0 atom stereocenters. The molecule has 21 heavy (non-hydrogen) atoms. The molecule has 2 aromatic carbocycles. The number of nitrogens with two attached hydrogens (primary N) is 1. The Labute approximate surface area is 132 Å². The third kappa shape index (κ3) is 5.21. The number of rotatable bonds is 7. The number of nitrogens with one attached hydrogen (secondary N) is 1. The molecule has 3 N–H and O–H groups in total. The van der Waals surface area contributed by atoms with Gasteiger partial charge in [-0.2, -0.15) is 0 Å². The van der Waals surface area contributed by atoms with Crippen molar-refractivity contribution < 1.29 is 9.53 Å². The first-order chi connectivity index (χ1) is 10.1. The maximum Gasteiger partial charge on any atom is 0.255 e. The van der Waals surface area contributed by atoms with Crippen LogP contribution in [0.2, 0.25) is 0 Å². The number of amides is 1. The first-order valence-electron chi connectivity index (χ1n) is 6.59. The van der Waals surface area contributed by atoms with E-state index in [0.29, 0.717) is 5.75 Å². The lowest BCUT2D eigenvalue weighted by Crippen LogP contribution is -2.20. The number of halogens is 1. The highest BCUT2D eigenvalue weighted by Gasteiger charge is 2.00. The normalized spacial score (nSPS) is 10.3. The summed E-state index contributed by atoms with van der Waals surface area (Å²) < 4.78 is 6.32. The highest BCUT2D eigenvalue weighted by atomic mass is 79.9. The van der Waals surface area contributed by atoms with Crippen molar-refractivity contribution in [1.82, 2.24) is 5.32 Å². The molecule has 0 saturated carbocycles. The minimum absolute atomic E-state index is 0.0976. The monoisotopic (exact) mass is 348 g/mol. The molecule has 0 aliphatic rings.